The van der Waals surface area contributed by atoms with Gasteiger partial charge in [0.05, 0.1) is 5.69 Å². The Morgan fingerprint density at radius 1 is 1.28 bits per heavy atom. The van der Waals surface area contributed by atoms with Crippen LogP contribution in [0.15, 0.2) is 24.3 Å². The van der Waals surface area contributed by atoms with Crippen molar-refractivity contribution in [2.45, 2.75) is 19.5 Å². The second kappa shape index (κ2) is 5.06. The first kappa shape index (κ1) is 14.6. The molecule has 1 aliphatic heterocycles. The van der Waals surface area contributed by atoms with Gasteiger partial charge in [0.2, 0.25) is 0 Å². The monoisotopic (exact) mass is 286 g/mol. The molecule has 0 spiro atoms. The number of hydrogen-bond acceptors (Lipinski definition) is 4. The van der Waals surface area contributed by atoms with Crippen LogP contribution in [0.1, 0.15) is 29.8 Å². The third kappa shape index (κ3) is 2.38. The van der Waals surface area contributed by atoms with Crippen molar-refractivity contribution in [3.05, 3.63) is 35.4 Å². The molecule has 2 rings (SSSR count). The van der Waals surface area contributed by atoms with Crippen molar-refractivity contribution in [1.29, 1.82) is 0 Å². The minimum Gasteiger partial charge on any atom is -0.357 e. The minimum absolute atomic E-state index is 0. The quantitative estimate of drug-likeness (QED) is 0.639. The van der Waals surface area contributed by atoms with Gasteiger partial charge in [-0.3, -0.25) is 15.3 Å². The Kier molecular flexibility index (Phi) is 4.12. The summed E-state index contributed by atoms with van der Waals surface area (Å²) in [6.07, 6.45) is 3.38. The van der Waals surface area contributed by atoms with Crippen molar-refractivity contribution in [2.24, 2.45) is 5.73 Å². The number of benzene rings is 1. The number of Topliss-reactive ketones (excluding diaryl/α,β-unsaturated/α-hetero) is 2. The number of para-hydroxylation sites is 1. The molecule has 18 heavy (non-hydrogen) atoms. The standard InChI is InChI=1S/C13H14N2O2.Fe/c1-8(16)11-5-3-4-10-6-7-13(14,9(2)17)15-12(10)11;/h3-7,15H,14H2,1-2H3;. The molecule has 1 aromatic rings. The van der Waals surface area contributed by atoms with E-state index in [0.717, 1.165) is 5.56 Å². The maximum Gasteiger partial charge on any atom is 0.173 e. The van der Waals surface area contributed by atoms with Gasteiger partial charge in [0.25, 0.3) is 0 Å². The summed E-state index contributed by atoms with van der Waals surface area (Å²) >= 11 is 0. The first-order valence-electron chi connectivity index (χ1n) is 5.35. The topological polar surface area (TPSA) is 72.2 Å². The first-order valence-corrected chi connectivity index (χ1v) is 5.35. The van der Waals surface area contributed by atoms with Gasteiger partial charge in [0.15, 0.2) is 17.2 Å². The average Bonchev–Trinajstić information content (AvgIpc) is 2.27. The van der Waals surface area contributed by atoms with Crippen molar-refractivity contribution in [3.8, 4) is 0 Å². The maximum atomic E-state index is 11.5. The third-order valence-electron chi connectivity index (χ3n) is 2.92. The molecule has 0 aromatic heterocycles. The third-order valence-corrected chi connectivity index (χ3v) is 2.92. The average molecular weight is 286 g/mol. The van der Waals surface area contributed by atoms with Crippen LogP contribution in [0.25, 0.3) is 6.08 Å². The van der Waals surface area contributed by atoms with Crippen LogP contribution in [0.5, 0.6) is 0 Å². The number of carbonyl (C=O) groups is 2. The fourth-order valence-electron chi connectivity index (χ4n) is 1.82. The number of ketones is 2. The van der Waals surface area contributed by atoms with Crippen LogP contribution in [0.2, 0.25) is 0 Å². The van der Waals surface area contributed by atoms with E-state index in [1.165, 1.54) is 13.8 Å². The molecule has 1 aromatic carbocycles. The summed E-state index contributed by atoms with van der Waals surface area (Å²) in [5.74, 6) is -0.256. The molecule has 1 unspecified atom stereocenters. The van der Waals surface area contributed by atoms with E-state index < -0.39 is 5.66 Å². The van der Waals surface area contributed by atoms with Gasteiger partial charge in [0.1, 0.15) is 0 Å². The molecule has 0 saturated carbocycles. The summed E-state index contributed by atoms with van der Waals surface area (Å²) in [6.45, 7) is 2.90. The summed E-state index contributed by atoms with van der Waals surface area (Å²) in [4.78, 5) is 23.0. The second-order valence-corrected chi connectivity index (χ2v) is 4.21. The van der Waals surface area contributed by atoms with Gasteiger partial charge in [-0.1, -0.05) is 18.2 Å². The molecule has 1 atom stereocenters. The molecule has 96 valence electrons. The zero-order valence-electron chi connectivity index (χ0n) is 10.1. The minimum atomic E-state index is -1.22. The van der Waals surface area contributed by atoms with Crippen molar-refractivity contribution >= 4 is 23.3 Å². The molecule has 0 amide bonds. The fraction of sp³-hybridized carbons (Fsp3) is 0.231. The summed E-state index contributed by atoms with van der Waals surface area (Å²) in [5, 5.41) is 2.94. The van der Waals surface area contributed by atoms with E-state index in [-0.39, 0.29) is 28.6 Å². The summed E-state index contributed by atoms with van der Waals surface area (Å²) in [5.41, 5.74) is 6.73. The molecule has 0 radical (unpaired) electrons. The molecule has 4 nitrogen and oxygen atoms in total. The Labute approximate surface area is 116 Å². The van der Waals surface area contributed by atoms with Crippen molar-refractivity contribution in [3.63, 3.8) is 0 Å². The van der Waals surface area contributed by atoms with Gasteiger partial charge in [-0.25, -0.2) is 0 Å². The van der Waals surface area contributed by atoms with E-state index in [2.05, 4.69) is 5.32 Å². The number of anilines is 1. The summed E-state index contributed by atoms with van der Waals surface area (Å²) in [7, 11) is 0. The molecule has 1 aliphatic rings. The van der Waals surface area contributed by atoms with Crippen LogP contribution in [0, 0.1) is 0 Å². The van der Waals surface area contributed by atoms with Crippen LogP contribution in [0.4, 0.5) is 5.69 Å². The van der Waals surface area contributed by atoms with Crippen molar-refractivity contribution in [1.82, 2.24) is 0 Å². The Morgan fingerprint density at radius 2 is 1.94 bits per heavy atom. The van der Waals surface area contributed by atoms with Crippen LogP contribution >= 0.6 is 0 Å². The number of hydrogen-bond donors (Lipinski definition) is 2. The van der Waals surface area contributed by atoms with Gasteiger partial charge < -0.3 is 5.32 Å². The Bertz CT molecular complexity index is 540. The Hall–Kier alpha value is -1.42. The maximum absolute atomic E-state index is 11.5. The molecule has 0 aliphatic carbocycles. The van der Waals surface area contributed by atoms with E-state index in [1.54, 1.807) is 24.3 Å². The van der Waals surface area contributed by atoms with E-state index in [0.29, 0.717) is 11.3 Å². The molecular weight excluding hydrogens is 272 g/mol. The molecule has 5 heteroatoms. The van der Waals surface area contributed by atoms with Gasteiger partial charge >= 0.3 is 0 Å². The van der Waals surface area contributed by atoms with Crippen molar-refractivity contribution < 1.29 is 26.7 Å². The summed E-state index contributed by atoms with van der Waals surface area (Å²) < 4.78 is 0. The fourth-order valence-corrected chi connectivity index (χ4v) is 1.82. The number of carbonyl (C=O) groups excluding carboxylic acids is 2. The van der Waals surface area contributed by atoms with Gasteiger partial charge in [-0.05, 0) is 31.6 Å². The summed E-state index contributed by atoms with van der Waals surface area (Å²) in [6, 6.07) is 5.39. The number of nitrogens with two attached hydrogens (primary N) is 1. The van der Waals surface area contributed by atoms with Crippen LogP contribution in [-0.4, -0.2) is 17.2 Å². The predicted octanol–water partition coefficient (Wildman–Crippen LogP) is 1.57. The molecule has 0 saturated heterocycles. The van der Waals surface area contributed by atoms with E-state index in [4.69, 9.17) is 5.73 Å². The number of rotatable bonds is 2. The zero-order chi connectivity index (χ0) is 12.6. The Balaban J connectivity index is 0.00000162. The normalized spacial score (nSPS) is 20.4. The van der Waals surface area contributed by atoms with E-state index in [1.807, 2.05) is 6.07 Å². The second-order valence-electron chi connectivity index (χ2n) is 4.21. The van der Waals surface area contributed by atoms with Crippen LogP contribution < -0.4 is 11.1 Å². The molecular formula is C13H14FeN2O2. The predicted molar refractivity (Wildman–Crippen MR) is 66.7 cm³/mol. The van der Waals surface area contributed by atoms with Crippen LogP contribution in [-0.2, 0) is 21.9 Å². The van der Waals surface area contributed by atoms with Gasteiger partial charge in [-0.2, -0.15) is 0 Å². The van der Waals surface area contributed by atoms with Gasteiger partial charge in [0, 0.05) is 22.6 Å². The first-order chi connectivity index (χ1) is 7.94. The molecule has 0 fully saturated rings. The van der Waals surface area contributed by atoms with Crippen LogP contribution in [0.3, 0.4) is 0 Å². The number of fused-ring (bicyclic) bond motifs is 1. The van der Waals surface area contributed by atoms with E-state index >= 15 is 0 Å². The van der Waals surface area contributed by atoms with Crippen molar-refractivity contribution in [2.75, 3.05) is 5.32 Å². The number of nitrogens with one attached hydrogen (secondary N) is 1. The molecule has 1 heterocycles. The largest absolute Gasteiger partial charge is 0.357 e. The molecule has 0 bridgehead atoms. The zero-order valence-corrected chi connectivity index (χ0v) is 11.2. The molecule has 3 N–H and O–H groups in total. The van der Waals surface area contributed by atoms with E-state index in [9.17, 15) is 9.59 Å². The SMILES string of the molecule is CC(=O)c1cccc2c1NC(N)(C(C)=O)C=C2.[Fe]. The Morgan fingerprint density at radius 3 is 2.50 bits per heavy atom. The van der Waals surface area contributed by atoms with Gasteiger partial charge in [-0.15, -0.1) is 0 Å². The smallest absolute Gasteiger partial charge is 0.173 e.